The van der Waals surface area contributed by atoms with Gasteiger partial charge in [-0.25, -0.2) is 9.40 Å². The van der Waals surface area contributed by atoms with Crippen LogP contribution in [-0.2, 0) is 28.4 Å². The smallest absolute Gasteiger partial charge is 0.293 e. The molecule has 0 radical (unpaired) electrons. The van der Waals surface area contributed by atoms with Gasteiger partial charge in [-0.3, -0.25) is 14.5 Å². The molecule has 1 saturated heterocycles. The third-order valence-corrected chi connectivity index (χ3v) is 9.78. The molecule has 13 heteroatoms. The Morgan fingerprint density at radius 2 is 1.64 bits per heavy atom. The van der Waals surface area contributed by atoms with Crippen molar-refractivity contribution in [3.05, 3.63) is 93.7 Å². The van der Waals surface area contributed by atoms with Crippen LogP contribution in [0.5, 0.6) is 0 Å². The Kier molecular flexibility index (Phi) is 8.88. The molecule has 218 valence electrons. The fraction of sp³-hybridized carbons (Fsp3) is 0.241. The maximum atomic E-state index is 12.7. The van der Waals surface area contributed by atoms with Gasteiger partial charge in [-0.15, -0.1) is 5.10 Å². The van der Waals surface area contributed by atoms with Gasteiger partial charge < -0.3 is 4.90 Å². The molecule has 1 fully saturated rings. The summed E-state index contributed by atoms with van der Waals surface area (Å²) in [4.78, 5) is 32.5. The lowest BCUT2D eigenvalue weighted by molar-refractivity contribution is -0.116. The Bertz CT molecular complexity index is 1780. The lowest BCUT2D eigenvalue weighted by Gasteiger charge is -2.36. The van der Waals surface area contributed by atoms with Gasteiger partial charge >= 0.3 is 0 Å². The van der Waals surface area contributed by atoms with Crippen molar-refractivity contribution in [1.82, 2.24) is 19.4 Å². The zero-order valence-electron chi connectivity index (χ0n) is 23.0. The van der Waals surface area contributed by atoms with E-state index < -0.39 is 21.8 Å². The Hall–Kier alpha value is -3.84. The highest BCUT2D eigenvalue weighted by atomic mass is 35.5. The summed E-state index contributed by atoms with van der Waals surface area (Å²) >= 11 is 6.78. The minimum absolute atomic E-state index is 0.116. The van der Waals surface area contributed by atoms with Crippen LogP contribution in [0.25, 0.3) is 11.1 Å². The molecule has 2 heterocycles. The third kappa shape index (κ3) is 6.96. The summed E-state index contributed by atoms with van der Waals surface area (Å²) in [6.45, 7) is 5.47. The number of nitrogens with one attached hydrogen (secondary N) is 1. The van der Waals surface area contributed by atoms with E-state index in [9.17, 15) is 18.0 Å². The van der Waals surface area contributed by atoms with E-state index in [2.05, 4.69) is 38.1 Å². The topological polar surface area (TPSA) is 117 Å². The number of aryl methyl sites for hydroxylation is 1. The fourth-order valence-electron chi connectivity index (χ4n) is 4.69. The quantitative estimate of drug-likeness (QED) is 0.333. The number of amides is 2. The Morgan fingerprint density at radius 1 is 0.976 bits per heavy atom. The number of hydrogen-bond donors (Lipinski definition) is 1. The molecule has 0 spiro atoms. The molecule has 0 aliphatic carbocycles. The van der Waals surface area contributed by atoms with E-state index in [1.54, 1.807) is 12.1 Å². The Morgan fingerprint density at radius 3 is 2.31 bits per heavy atom. The summed E-state index contributed by atoms with van der Waals surface area (Å²) in [5.41, 5.74) is 4.75. The zero-order valence-corrected chi connectivity index (χ0v) is 25.4. The molecule has 1 N–H and O–H groups in total. The van der Waals surface area contributed by atoms with Crippen molar-refractivity contribution >= 4 is 50.5 Å². The monoisotopic (exact) mass is 624 g/mol. The highest BCUT2D eigenvalue weighted by Gasteiger charge is 2.24. The molecular weight excluding hydrogens is 596 g/mol. The van der Waals surface area contributed by atoms with Gasteiger partial charge in [0.1, 0.15) is 0 Å². The molecule has 42 heavy (non-hydrogen) atoms. The number of rotatable bonds is 7. The van der Waals surface area contributed by atoms with Crippen LogP contribution in [0.2, 0.25) is 5.02 Å². The van der Waals surface area contributed by atoms with Gasteiger partial charge in [0, 0.05) is 63.0 Å². The minimum atomic E-state index is -4.24. The van der Waals surface area contributed by atoms with E-state index in [0.29, 0.717) is 16.4 Å². The van der Waals surface area contributed by atoms with Gasteiger partial charge in [0.15, 0.2) is 0 Å². The van der Waals surface area contributed by atoms with E-state index >= 15 is 0 Å². The molecule has 0 atom stereocenters. The highest BCUT2D eigenvalue weighted by Crippen LogP contribution is 2.27. The van der Waals surface area contributed by atoms with Crippen molar-refractivity contribution in [2.45, 2.75) is 17.8 Å². The highest BCUT2D eigenvalue weighted by molar-refractivity contribution is 7.92. The largest absolute Gasteiger partial charge is 0.369 e. The number of halogens is 1. The number of sulfonamides is 1. The van der Waals surface area contributed by atoms with Crippen LogP contribution < -0.4 is 14.4 Å². The first-order valence-corrected chi connectivity index (χ1v) is 15.8. The van der Waals surface area contributed by atoms with Gasteiger partial charge in [0.05, 0.1) is 0 Å². The summed E-state index contributed by atoms with van der Waals surface area (Å²) in [5, 5.41) is 4.60. The third-order valence-electron chi connectivity index (χ3n) is 6.83. The molecular formula is C29H29ClN6O4S2. The molecule has 1 aliphatic rings. The molecule has 0 saturated carbocycles. The van der Waals surface area contributed by atoms with Crippen LogP contribution in [0.1, 0.15) is 22.8 Å². The second kappa shape index (κ2) is 12.6. The van der Waals surface area contributed by atoms with Crippen LogP contribution in [0.3, 0.4) is 0 Å². The first-order valence-electron chi connectivity index (χ1n) is 13.2. The van der Waals surface area contributed by atoms with Gasteiger partial charge in [0.25, 0.3) is 20.3 Å². The molecule has 1 aliphatic heterocycles. The number of benzene rings is 3. The molecule has 0 bridgehead atoms. The average Bonchev–Trinajstić information content (AvgIpc) is 3.34. The van der Waals surface area contributed by atoms with Crippen LogP contribution in [-0.4, -0.2) is 61.1 Å². The predicted molar refractivity (Wildman–Crippen MR) is 163 cm³/mol. The lowest BCUT2D eigenvalue weighted by atomic mass is 9.99. The van der Waals surface area contributed by atoms with E-state index in [1.807, 2.05) is 47.2 Å². The maximum absolute atomic E-state index is 12.7. The molecule has 10 nitrogen and oxygen atoms in total. The predicted octanol–water partition coefficient (Wildman–Crippen LogP) is 3.69. The molecule has 3 aromatic carbocycles. The van der Waals surface area contributed by atoms with Crippen LogP contribution in [0.4, 0.5) is 5.69 Å². The molecule has 5 rings (SSSR count). The maximum Gasteiger partial charge on any atom is 0.293 e. The van der Waals surface area contributed by atoms with E-state index in [4.69, 9.17) is 11.6 Å². The normalized spacial score (nSPS) is 14.6. The molecule has 0 unspecified atom stereocenters. The van der Waals surface area contributed by atoms with Crippen molar-refractivity contribution in [2.75, 3.05) is 31.1 Å². The van der Waals surface area contributed by atoms with Gasteiger partial charge in [-0.1, -0.05) is 59.3 Å². The number of aromatic nitrogens is 2. The van der Waals surface area contributed by atoms with Crippen molar-refractivity contribution in [3.8, 4) is 11.1 Å². The van der Waals surface area contributed by atoms with Crippen molar-refractivity contribution in [1.29, 1.82) is 0 Å². The van der Waals surface area contributed by atoms with Crippen LogP contribution in [0, 0.1) is 0 Å². The summed E-state index contributed by atoms with van der Waals surface area (Å²) in [6, 6.07) is 23.2. The molecule has 4 aromatic rings. The lowest BCUT2D eigenvalue weighted by Crippen LogP contribution is -2.46. The summed E-state index contributed by atoms with van der Waals surface area (Å²) < 4.78 is 28.3. The van der Waals surface area contributed by atoms with Crippen LogP contribution in [0.15, 0.2) is 82.1 Å². The Labute approximate surface area is 252 Å². The van der Waals surface area contributed by atoms with E-state index in [0.717, 1.165) is 44.0 Å². The average molecular weight is 625 g/mol. The number of carbonyl (C=O) groups is 2. The first-order chi connectivity index (χ1) is 20.1. The van der Waals surface area contributed by atoms with Crippen molar-refractivity contribution in [3.63, 3.8) is 0 Å². The number of anilines is 1. The number of piperazine rings is 1. The minimum Gasteiger partial charge on any atom is -0.369 e. The van der Waals surface area contributed by atoms with Gasteiger partial charge in [-0.2, -0.15) is 13.4 Å². The summed E-state index contributed by atoms with van der Waals surface area (Å²) in [5.74, 6) is -1.25. The first kappa shape index (κ1) is 29.6. The second-order valence-electron chi connectivity index (χ2n) is 9.81. The number of carbonyl (C=O) groups excluding carboxylic acids is 2. The summed E-state index contributed by atoms with van der Waals surface area (Å²) in [7, 11) is -2.77. The van der Waals surface area contributed by atoms with E-state index in [-0.39, 0.29) is 14.7 Å². The molecule has 2 amide bonds. The second-order valence-corrected chi connectivity index (χ2v) is 13.1. The van der Waals surface area contributed by atoms with Crippen molar-refractivity contribution < 1.29 is 18.0 Å². The standard InChI is InChI=1S/C29H29ClN6O4S2/c1-20(37)31-28-34(2)32-29(41-28)42(39,40)33-27(38)22-9-13-25(14-10-22)36-17-15-35(16-18-36)19-23-5-3-4-6-26(23)21-7-11-24(30)12-8-21/h3-14H,15-19H2,1-2H3,(H,33,38)/b31-28-. The van der Waals surface area contributed by atoms with Gasteiger partial charge in [0.2, 0.25) is 10.7 Å². The fourth-order valence-corrected chi connectivity index (χ4v) is 6.95. The number of nitrogens with zero attached hydrogens (tertiary/aromatic N) is 5. The zero-order chi connectivity index (χ0) is 29.9. The number of hydrogen-bond acceptors (Lipinski definition) is 8. The molecule has 1 aromatic heterocycles. The van der Waals surface area contributed by atoms with Crippen molar-refractivity contribution in [2.24, 2.45) is 12.0 Å². The van der Waals surface area contributed by atoms with Crippen LogP contribution >= 0.6 is 22.9 Å². The Balaban J connectivity index is 1.19. The van der Waals surface area contributed by atoms with E-state index in [1.165, 1.54) is 29.8 Å². The van der Waals surface area contributed by atoms with Gasteiger partial charge in [-0.05, 0) is 53.1 Å². The SMILES string of the molecule is CC(=O)/N=c1\sc(S(=O)(=O)NC(=O)c2ccc(N3CCN(Cc4ccccc4-c4ccc(Cl)cc4)CC3)cc2)nn1C. The summed E-state index contributed by atoms with van der Waals surface area (Å²) in [6.07, 6.45) is 0.